The number of hydrogen-bond acceptors (Lipinski definition) is 2. The van der Waals surface area contributed by atoms with Crippen LogP contribution in [0.2, 0.25) is 0 Å². The van der Waals surface area contributed by atoms with Crippen molar-refractivity contribution in [3.63, 3.8) is 0 Å². The van der Waals surface area contributed by atoms with Gasteiger partial charge in [-0.2, -0.15) is 0 Å². The zero-order valence-corrected chi connectivity index (χ0v) is 15.9. The Balaban J connectivity index is 1.31. The third-order valence-electron chi connectivity index (χ3n) is 5.44. The van der Waals surface area contributed by atoms with E-state index in [0.29, 0.717) is 6.42 Å². The van der Waals surface area contributed by atoms with E-state index in [1.165, 1.54) is 27.6 Å². The molecule has 0 unspecified atom stereocenters. The van der Waals surface area contributed by atoms with Crippen molar-refractivity contribution in [3.05, 3.63) is 77.9 Å². The molecule has 3 aromatic rings. The van der Waals surface area contributed by atoms with Crippen molar-refractivity contribution in [2.45, 2.75) is 19.8 Å². The second-order valence-electron chi connectivity index (χ2n) is 7.39. The zero-order valence-electron chi connectivity index (χ0n) is 15.9. The average Bonchev–Trinajstić information content (AvgIpc) is 2.72. The predicted molar refractivity (Wildman–Crippen MR) is 112 cm³/mol. The van der Waals surface area contributed by atoms with Crippen molar-refractivity contribution >= 4 is 22.4 Å². The van der Waals surface area contributed by atoms with Gasteiger partial charge in [0.25, 0.3) is 0 Å². The van der Waals surface area contributed by atoms with E-state index in [1.54, 1.807) is 0 Å². The lowest BCUT2D eigenvalue weighted by Gasteiger charge is -2.36. The molecule has 0 atom stereocenters. The van der Waals surface area contributed by atoms with Crippen LogP contribution in [0.15, 0.2) is 66.7 Å². The van der Waals surface area contributed by atoms with Crippen molar-refractivity contribution < 1.29 is 4.79 Å². The maximum atomic E-state index is 12.6. The quantitative estimate of drug-likeness (QED) is 0.689. The number of benzene rings is 3. The number of piperazine rings is 1. The summed E-state index contributed by atoms with van der Waals surface area (Å²) in [6, 6.07) is 23.5. The Morgan fingerprint density at radius 1 is 0.852 bits per heavy atom. The average molecular weight is 358 g/mol. The SMILES string of the molecule is Cc1cccc(N2CCN(C(=O)CCc3ccc4ccccc4c3)CC2)c1. The first-order valence-electron chi connectivity index (χ1n) is 9.76. The molecule has 3 heteroatoms. The summed E-state index contributed by atoms with van der Waals surface area (Å²) in [5.74, 6) is 0.270. The van der Waals surface area contributed by atoms with E-state index >= 15 is 0 Å². The second-order valence-corrected chi connectivity index (χ2v) is 7.39. The molecule has 3 aromatic carbocycles. The molecule has 0 N–H and O–H groups in total. The van der Waals surface area contributed by atoms with Crippen LogP contribution in [-0.4, -0.2) is 37.0 Å². The fourth-order valence-electron chi connectivity index (χ4n) is 3.84. The van der Waals surface area contributed by atoms with Crippen LogP contribution in [0.3, 0.4) is 0 Å². The monoisotopic (exact) mass is 358 g/mol. The van der Waals surface area contributed by atoms with Gasteiger partial charge in [0, 0.05) is 38.3 Å². The Labute approximate surface area is 161 Å². The summed E-state index contributed by atoms with van der Waals surface area (Å²) in [5.41, 5.74) is 3.78. The molecule has 1 aliphatic rings. The lowest BCUT2D eigenvalue weighted by atomic mass is 10.0. The maximum Gasteiger partial charge on any atom is 0.223 e. The molecule has 0 bridgehead atoms. The highest BCUT2D eigenvalue weighted by atomic mass is 16.2. The van der Waals surface area contributed by atoms with Crippen LogP contribution in [0.1, 0.15) is 17.5 Å². The first-order valence-corrected chi connectivity index (χ1v) is 9.76. The molecule has 0 aromatic heterocycles. The molecular formula is C24H26N2O. The Morgan fingerprint density at radius 2 is 1.63 bits per heavy atom. The number of carbonyl (C=O) groups excluding carboxylic acids is 1. The van der Waals surface area contributed by atoms with Gasteiger partial charge in [-0.25, -0.2) is 0 Å². The van der Waals surface area contributed by atoms with Crippen LogP contribution in [0.4, 0.5) is 5.69 Å². The van der Waals surface area contributed by atoms with Crippen LogP contribution in [0, 0.1) is 6.92 Å². The number of fused-ring (bicyclic) bond motifs is 1. The van der Waals surface area contributed by atoms with Crippen molar-refractivity contribution in [1.29, 1.82) is 0 Å². The Hall–Kier alpha value is -2.81. The largest absolute Gasteiger partial charge is 0.368 e. The minimum atomic E-state index is 0.270. The summed E-state index contributed by atoms with van der Waals surface area (Å²) >= 11 is 0. The van der Waals surface area contributed by atoms with Gasteiger partial charge < -0.3 is 9.80 Å². The highest BCUT2D eigenvalue weighted by Gasteiger charge is 2.21. The number of anilines is 1. The minimum Gasteiger partial charge on any atom is -0.368 e. The summed E-state index contributed by atoms with van der Waals surface area (Å²) in [7, 11) is 0. The number of amides is 1. The van der Waals surface area contributed by atoms with E-state index in [1.807, 2.05) is 4.90 Å². The Bertz CT molecular complexity index is 942. The molecule has 1 saturated heterocycles. The van der Waals surface area contributed by atoms with Gasteiger partial charge >= 0.3 is 0 Å². The van der Waals surface area contributed by atoms with Gasteiger partial charge in [-0.05, 0) is 47.4 Å². The third-order valence-corrected chi connectivity index (χ3v) is 5.44. The molecule has 1 aliphatic heterocycles. The van der Waals surface area contributed by atoms with Gasteiger partial charge in [0.15, 0.2) is 0 Å². The summed E-state index contributed by atoms with van der Waals surface area (Å²) < 4.78 is 0. The molecule has 0 aliphatic carbocycles. The van der Waals surface area contributed by atoms with Crippen LogP contribution in [0.25, 0.3) is 10.8 Å². The van der Waals surface area contributed by atoms with Crippen molar-refractivity contribution in [1.82, 2.24) is 4.90 Å². The van der Waals surface area contributed by atoms with Crippen LogP contribution in [0.5, 0.6) is 0 Å². The van der Waals surface area contributed by atoms with E-state index in [-0.39, 0.29) is 5.91 Å². The van der Waals surface area contributed by atoms with Crippen molar-refractivity contribution in [2.75, 3.05) is 31.1 Å². The maximum absolute atomic E-state index is 12.6. The molecule has 27 heavy (non-hydrogen) atoms. The van der Waals surface area contributed by atoms with E-state index in [4.69, 9.17) is 0 Å². The molecule has 1 amide bonds. The van der Waals surface area contributed by atoms with E-state index < -0.39 is 0 Å². The van der Waals surface area contributed by atoms with Gasteiger partial charge in [0.2, 0.25) is 5.91 Å². The number of carbonyl (C=O) groups is 1. The standard InChI is InChI=1S/C24H26N2O/c1-19-5-4-8-23(17-19)25-13-15-26(16-14-25)24(27)12-10-20-9-11-21-6-2-3-7-22(21)18-20/h2-9,11,17-18H,10,12-16H2,1H3. The van der Waals surface area contributed by atoms with Crippen LogP contribution >= 0.6 is 0 Å². The smallest absolute Gasteiger partial charge is 0.223 e. The van der Waals surface area contributed by atoms with Crippen LogP contribution in [-0.2, 0) is 11.2 Å². The van der Waals surface area contributed by atoms with E-state index in [9.17, 15) is 4.79 Å². The molecule has 3 nitrogen and oxygen atoms in total. The number of hydrogen-bond donors (Lipinski definition) is 0. The van der Waals surface area contributed by atoms with Gasteiger partial charge in [0.1, 0.15) is 0 Å². The first-order chi connectivity index (χ1) is 13.2. The molecule has 1 heterocycles. The molecule has 0 saturated carbocycles. The lowest BCUT2D eigenvalue weighted by molar-refractivity contribution is -0.131. The number of rotatable bonds is 4. The molecule has 1 fully saturated rings. The number of aryl methyl sites for hydroxylation is 2. The third kappa shape index (κ3) is 4.13. The van der Waals surface area contributed by atoms with E-state index in [0.717, 1.165) is 32.6 Å². The highest BCUT2D eigenvalue weighted by Crippen LogP contribution is 2.19. The van der Waals surface area contributed by atoms with Gasteiger partial charge in [-0.15, -0.1) is 0 Å². The van der Waals surface area contributed by atoms with E-state index in [2.05, 4.69) is 78.6 Å². The van der Waals surface area contributed by atoms with Crippen molar-refractivity contribution in [2.24, 2.45) is 0 Å². The van der Waals surface area contributed by atoms with Gasteiger partial charge in [-0.1, -0.05) is 54.6 Å². The number of nitrogens with zero attached hydrogens (tertiary/aromatic N) is 2. The topological polar surface area (TPSA) is 23.6 Å². The predicted octanol–water partition coefficient (Wildman–Crippen LogP) is 4.43. The Morgan fingerprint density at radius 3 is 2.41 bits per heavy atom. The molecule has 0 radical (unpaired) electrons. The second kappa shape index (κ2) is 7.83. The van der Waals surface area contributed by atoms with Crippen LogP contribution < -0.4 is 4.90 Å². The molecular weight excluding hydrogens is 332 g/mol. The normalized spacial score (nSPS) is 14.6. The summed E-state index contributed by atoms with van der Waals surface area (Å²) in [4.78, 5) is 17.0. The van der Waals surface area contributed by atoms with Gasteiger partial charge in [-0.3, -0.25) is 4.79 Å². The zero-order chi connectivity index (χ0) is 18.6. The molecule has 4 rings (SSSR count). The highest BCUT2D eigenvalue weighted by molar-refractivity contribution is 5.83. The minimum absolute atomic E-state index is 0.270. The summed E-state index contributed by atoms with van der Waals surface area (Å²) in [6.45, 7) is 5.56. The summed E-state index contributed by atoms with van der Waals surface area (Å²) in [6.07, 6.45) is 1.39. The van der Waals surface area contributed by atoms with Gasteiger partial charge in [0.05, 0.1) is 0 Å². The fourth-order valence-corrected chi connectivity index (χ4v) is 3.84. The first kappa shape index (κ1) is 17.6. The van der Waals surface area contributed by atoms with Crippen molar-refractivity contribution in [3.8, 4) is 0 Å². The summed E-state index contributed by atoms with van der Waals surface area (Å²) in [5, 5.41) is 2.49. The lowest BCUT2D eigenvalue weighted by Crippen LogP contribution is -2.48. The fraction of sp³-hybridized carbons (Fsp3) is 0.292. The Kier molecular flexibility index (Phi) is 5.10. The molecule has 138 valence electrons. The molecule has 0 spiro atoms.